The second-order valence-corrected chi connectivity index (χ2v) is 7.04. The number of carbonyl (C=O) groups excluding carboxylic acids is 1. The molecule has 0 aliphatic carbocycles. The van der Waals surface area contributed by atoms with Crippen LogP contribution in [0.1, 0.15) is 11.7 Å². The smallest absolute Gasteiger partial charge is 0.255 e. The number of aromatic amines is 1. The van der Waals surface area contributed by atoms with Crippen molar-refractivity contribution in [2.45, 2.75) is 6.10 Å². The molecule has 4 rings (SSSR count). The Bertz CT molecular complexity index is 1220. The number of nitrogens with one attached hydrogen (secondary N) is 1. The van der Waals surface area contributed by atoms with Gasteiger partial charge in [0, 0.05) is 60.3 Å². The molecule has 1 atom stereocenters. The molecule has 30 heavy (non-hydrogen) atoms. The molecule has 1 unspecified atom stereocenters. The molecular formula is C22H21N5O3. The van der Waals surface area contributed by atoms with Gasteiger partial charge in [0.15, 0.2) is 11.8 Å². The van der Waals surface area contributed by atoms with E-state index in [0.717, 1.165) is 33.5 Å². The van der Waals surface area contributed by atoms with Crippen molar-refractivity contribution < 1.29 is 14.6 Å². The molecule has 0 radical (unpaired) electrons. The number of fused-ring (bicyclic) bond motifs is 1. The van der Waals surface area contributed by atoms with E-state index in [1.54, 1.807) is 39.7 Å². The molecule has 0 aliphatic rings. The second kappa shape index (κ2) is 7.92. The summed E-state index contributed by atoms with van der Waals surface area (Å²) in [5.41, 5.74) is 4.19. The Hall–Kier alpha value is -3.78. The maximum atomic E-state index is 12.1. The van der Waals surface area contributed by atoms with Crippen molar-refractivity contribution in [1.82, 2.24) is 25.1 Å². The van der Waals surface area contributed by atoms with Crippen LogP contribution in [0.2, 0.25) is 0 Å². The van der Waals surface area contributed by atoms with Crippen molar-refractivity contribution in [3.05, 3.63) is 60.6 Å². The van der Waals surface area contributed by atoms with Crippen LogP contribution in [-0.4, -0.2) is 57.3 Å². The van der Waals surface area contributed by atoms with E-state index in [1.807, 2.05) is 30.3 Å². The van der Waals surface area contributed by atoms with Crippen LogP contribution in [-0.2, 0) is 4.79 Å². The van der Waals surface area contributed by atoms with Gasteiger partial charge < -0.3 is 14.7 Å². The van der Waals surface area contributed by atoms with Crippen LogP contribution in [0.4, 0.5) is 0 Å². The molecule has 0 bridgehead atoms. The number of H-pyrrole nitrogens is 1. The molecule has 1 aromatic carbocycles. The first-order chi connectivity index (χ1) is 14.5. The SMILES string of the molecule is COc1ccccc1-c1[nH]nc2ncc(-c3cncc(C(O)C(=O)N(C)C)c3)cc12. The normalized spacial score (nSPS) is 12.0. The highest BCUT2D eigenvalue weighted by atomic mass is 16.5. The molecule has 0 fully saturated rings. The summed E-state index contributed by atoms with van der Waals surface area (Å²) in [5, 5.41) is 18.5. The average Bonchev–Trinajstić information content (AvgIpc) is 3.21. The Kier molecular flexibility index (Phi) is 5.16. The topological polar surface area (TPSA) is 104 Å². The fourth-order valence-electron chi connectivity index (χ4n) is 3.27. The molecule has 0 aliphatic heterocycles. The molecule has 0 spiro atoms. The number of pyridine rings is 2. The van der Waals surface area contributed by atoms with Crippen LogP contribution in [0.5, 0.6) is 5.75 Å². The summed E-state index contributed by atoms with van der Waals surface area (Å²) in [6, 6.07) is 11.4. The molecule has 3 aromatic heterocycles. The quantitative estimate of drug-likeness (QED) is 0.531. The lowest BCUT2D eigenvalue weighted by Gasteiger charge is -2.16. The third kappa shape index (κ3) is 3.48. The molecule has 152 valence electrons. The molecule has 0 saturated heterocycles. The molecule has 3 heterocycles. The van der Waals surface area contributed by atoms with Crippen LogP contribution in [0.15, 0.2) is 55.0 Å². The summed E-state index contributed by atoms with van der Waals surface area (Å²) in [6.45, 7) is 0. The van der Waals surface area contributed by atoms with Gasteiger partial charge in [-0.2, -0.15) is 5.10 Å². The van der Waals surface area contributed by atoms with E-state index in [0.29, 0.717) is 11.2 Å². The summed E-state index contributed by atoms with van der Waals surface area (Å²) >= 11 is 0. The maximum Gasteiger partial charge on any atom is 0.255 e. The number of aromatic nitrogens is 4. The Morgan fingerprint density at radius 1 is 1.13 bits per heavy atom. The molecule has 1 amide bonds. The van der Waals surface area contributed by atoms with Crippen molar-refractivity contribution >= 4 is 16.9 Å². The fourth-order valence-corrected chi connectivity index (χ4v) is 3.27. The number of benzene rings is 1. The Morgan fingerprint density at radius 3 is 2.67 bits per heavy atom. The van der Waals surface area contributed by atoms with Gasteiger partial charge >= 0.3 is 0 Å². The summed E-state index contributed by atoms with van der Waals surface area (Å²) in [6.07, 6.45) is 3.57. The number of hydrogen-bond acceptors (Lipinski definition) is 6. The number of nitrogens with zero attached hydrogens (tertiary/aromatic N) is 4. The number of aliphatic hydroxyl groups is 1. The zero-order valence-corrected chi connectivity index (χ0v) is 16.8. The van der Waals surface area contributed by atoms with Gasteiger partial charge in [-0.3, -0.25) is 14.9 Å². The van der Waals surface area contributed by atoms with E-state index in [4.69, 9.17) is 4.74 Å². The monoisotopic (exact) mass is 403 g/mol. The summed E-state index contributed by atoms with van der Waals surface area (Å²) in [7, 11) is 4.82. The Morgan fingerprint density at radius 2 is 1.90 bits per heavy atom. The zero-order valence-electron chi connectivity index (χ0n) is 16.8. The summed E-state index contributed by atoms with van der Waals surface area (Å²) < 4.78 is 5.47. The minimum Gasteiger partial charge on any atom is -0.496 e. The first kappa shape index (κ1) is 19.5. The highest BCUT2D eigenvalue weighted by Crippen LogP contribution is 2.34. The number of rotatable bonds is 5. The van der Waals surface area contributed by atoms with Gasteiger partial charge in [-0.15, -0.1) is 0 Å². The number of aliphatic hydroxyl groups excluding tert-OH is 1. The third-order valence-electron chi connectivity index (χ3n) is 4.87. The van der Waals surface area contributed by atoms with E-state index in [9.17, 15) is 9.90 Å². The van der Waals surface area contributed by atoms with Gasteiger partial charge in [-0.1, -0.05) is 12.1 Å². The van der Waals surface area contributed by atoms with Crippen LogP contribution in [0, 0.1) is 0 Å². The lowest BCUT2D eigenvalue weighted by Crippen LogP contribution is -2.28. The minimum atomic E-state index is -1.28. The van der Waals surface area contributed by atoms with Crippen molar-refractivity contribution in [2.24, 2.45) is 0 Å². The number of hydrogen-bond donors (Lipinski definition) is 2. The van der Waals surface area contributed by atoms with Gasteiger partial charge in [0.2, 0.25) is 0 Å². The third-order valence-corrected chi connectivity index (χ3v) is 4.87. The van der Waals surface area contributed by atoms with Crippen molar-refractivity contribution in [2.75, 3.05) is 21.2 Å². The molecular weight excluding hydrogens is 382 g/mol. The van der Waals surface area contributed by atoms with Gasteiger partial charge in [-0.25, -0.2) is 4.98 Å². The number of ether oxygens (including phenoxy) is 1. The number of likely N-dealkylation sites (N-methyl/N-ethyl adjacent to an activating group) is 1. The predicted octanol–water partition coefficient (Wildman–Crippen LogP) is 2.82. The number of methoxy groups -OCH3 is 1. The standard InChI is InChI=1S/C22H21N5O3/c1-27(2)22(29)20(28)15-8-13(10-23-11-15)14-9-17-19(25-26-21(17)24-12-14)16-6-4-5-7-18(16)30-3/h4-12,20,28H,1-3H3,(H,24,25,26). The lowest BCUT2D eigenvalue weighted by atomic mass is 10.0. The van der Waals surface area contributed by atoms with Gasteiger partial charge in [-0.05, 0) is 24.3 Å². The highest BCUT2D eigenvalue weighted by Gasteiger charge is 2.20. The first-order valence-electron chi connectivity index (χ1n) is 9.31. The van der Waals surface area contributed by atoms with Gasteiger partial charge in [0.1, 0.15) is 5.75 Å². The van der Waals surface area contributed by atoms with Crippen LogP contribution >= 0.6 is 0 Å². The molecule has 8 nitrogen and oxygen atoms in total. The molecule has 8 heteroatoms. The number of para-hydroxylation sites is 1. The van der Waals surface area contributed by atoms with Gasteiger partial charge in [0.25, 0.3) is 5.91 Å². The van der Waals surface area contributed by atoms with E-state index in [1.165, 1.54) is 11.1 Å². The Balaban J connectivity index is 1.78. The highest BCUT2D eigenvalue weighted by molar-refractivity contribution is 5.94. The van der Waals surface area contributed by atoms with Crippen LogP contribution in [0.25, 0.3) is 33.4 Å². The van der Waals surface area contributed by atoms with Gasteiger partial charge in [0.05, 0.1) is 12.8 Å². The predicted molar refractivity (Wildman–Crippen MR) is 113 cm³/mol. The van der Waals surface area contributed by atoms with E-state index in [-0.39, 0.29) is 0 Å². The lowest BCUT2D eigenvalue weighted by molar-refractivity contribution is -0.137. The minimum absolute atomic E-state index is 0.407. The number of amides is 1. The van der Waals surface area contributed by atoms with E-state index >= 15 is 0 Å². The fraction of sp³-hybridized carbons (Fsp3) is 0.182. The molecule has 0 saturated carbocycles. The van der Waals surface area contributed by atoms with Crippen molar-refractivity contribution in [1.29, 1.82) is 0 Å². The first-order valence-corrected chi connectivity index (χ1v) is 9.31. The molecule has 2 N–H and O–H groups in total. The van der Waals surface area contributed by atoms with Crippen molar-refractivity contribution in [3.8, 4) is 28.1 Å². The maximum absolute atomic E-state index is 12.1. The molecule has 4 aromatic rings. The second-order valence-electron chi connectivity index (χ2n) is 7.04. The summed E-state index contributed by atoms with van der Waals surface area (Å²) in [5.74, 6) is 0.318. The largest absolute Gasteiger partial charge is 0.496 e. The van der Waals surface area contributed by atoms with Crippen LogP contribution < -0.4 is 4.74 Å². The summed E-state index contributed by atoms with van der Waals surface area (Å²) in [4.78, 5) is 22.1. The average molecular weight is 403 g/mol. The number of carbonyl (C=O) groups is 1. The van der Waals surface area contributed by atoms with Crippen molar-refractivity contribution in [3.63, 3.8) is 0 Å². The Labute approximate surface area is 173 Å². The van der Waals surface area contributed by atoms with E-state index < -0.39 is 12.0 Å². The van der Waals surface area contributed by atoms with E-state index in [2.05, 4.69) is 20.2 Å². The zero-order chi connectivity index (χ0) is 21.3. The van der Waals surface area contributed by atoms with Crippen LogP contribution in [0.3, 0.4) is 0 Å².